The first-order valence-electron chi connectivity index (χ1n) is 5.32. The molecule has 0 aliphatic carbocycles. The van der Waals surface area contributed by atoms with Crippen LogP contribution in [0.15, 0.2) is 0 Å². The van der Waals surface area contributed by atoms with Gasteiger partial charge in [-0.2, -0.15) is 0 Å². The number of hydrogen-bond donors (Lipinski definition) is 0. The Bertz CT molecular complexity index is 110. The van der Waals surface area contributed by atoms with Crippen LogP contribution in [0.25, 0.3) is 0 Å². The number of unbranched alkanes of at least 4 members (excludes halogenated alkanes) is 1. The van der Waals surface area contributed by atoms with Crippen LogP contribution in [-0.4, -0.2) is 45.4 Å². The maximum Gasteiger partial charge on any atom is 0.0906 e. The summed E-state index contributed by atoms with van der Waals surface area (Å²) in [7, 11) is 8.61. The maximum absolute atomic E-state index is 5.14. The highest BCUT2D eigenvalue weighted by atomic mass is 16.5. The van der Waals surface area contributed by atoms with E-state index in [9.17, 15) is 0 Å². The normalized spacial score (nSPS) is 14.5. The van der Waals surface area contributed by atoms with Gasteiger partial charge in [-0.3, -0.25) is 0 Å². The summed E-state index contributed by atoms with van der Waals surface area (Å²) in [6.45, 7) is 3.15. The van der Waals surface area contributed by atoms with Gasteiger partial charge in [-0.15, -0.1) is 0 Å². The quantitative estimate of drug-likeness (QED) is 0.557. The number of ether oxygens (including phenoxy) is 1. The molecule has 0 aromatic rings. The van der Waals surface area contributed by atoms with Gasteiger partial charge in [0.15, 0.2) is 0 Å². The van der Waals surface area contributed by atoms with Crippen molar-refractivity contribution in [2.24, 2.45) is 0 Å². The van der Waals surface area contributed by atoms with Gasteiger partial charge >= 0.3 is 0 Å². The monoisotopic (exact) mass is 188 g/mol. The summed E-state index contributed by atoms with van der Waals surface area (Å²) in [5.41, 5.74) is 0. The SMILES string of the molecule is CCCCC(CCOC)[N+](C)(C)C. The molecule has 0 aromatic heterocycles. The summed E-state index contributed by atoms with van der Waals surface area (Å²) < 4.78 is 6.20. The second-order valence-corrected chi connectivity index (χ2v) is 4.69. The van der Waals surface area contributed by atoms with Gasteiger partial charge < -0.3 is 9.22 Å². The number of rotatable bonds is 7. The first-order chi connectivity index (χ1) is 6.02. The van der Waals surface area contributed by atoms with Crippen LogP contribution in [0.5, 0.6) is 0 Å². The highest BCUT2D eigenvalue weighted by Gasteiger charge is 2.22. The summed E-state index contributed by atoms with van der Waals surface area (Å²) in [5, 5.41) is 0. The minimum absolute atomic E-state index is 0.750. The highest BCUT2D eigenvalue weighted by Crippen LogP contribution is 2.14. The van der Waals surface area contributed by atoms with E-state index in [1.807, 2.05) is 0 Å². The fourth-order valence-corrected chi connectivity index (χ4v) is 1.61. The Kier molecular flexibility index (Phi) is 6.35. The average molecular weight is 188 g/mol. The Labute approximate surface area is 83.5 Å². The van der Waals surface area contributed by atoms with E-state index in [1.165, 1.54) is 25.7 Å². The first-order valence-corrected chi connectivity index (χ1v) is 5.32. The Balaban J connectivity index is 3.88. The van der Waals surface area contributed by atoms with E-state index in [-0.39, 0.29) is 0 Å². The largest absolute Gasteiger partial charge is 0.384 e. The van der Waals surface area contributed by atoms with Gasteiger partial charge in [0.1, 0.15) is 0 Å². The molecule has 0 aliphatic heterocycles. The molecule has 0 N–H and O–H groups in total. The van der Waals surface area contributed by atoms with Gasteiger partial charge in [0, 0.05) is 13.5 Å². The van der Waals surface area contributed by atoms with Crippen molar-refractivity contribution in [3.63, 3.8) is 0 Å². The fraction of sp³-hybridized carbons (Fsp3) is 1.00. The third-order valence-corrected chi connectivity index (χ3v) is 2.64. The van der Waals surface area contributed by atoms with Crippen LogP contribution >= 0.6 is 0 Å². The number of methoxy groups -OCH3 is 1. The molecular formula is C11H26NO+. The molecular weight excluding hydrogens is 162 g/mol. The molecule has 1 atom stereocenters. The zero-order chi connectivity index (χ0) is 10.3. The second-order valence-electron chi connectivity index (χ2n) is 4.69. The van der Waals surface area contributed by atoms with E-state index in [1.54, 1.807) is 7.11 Å². The van der Waals surface area contributed by atoms with E-state index < -0.39 is 0 Å². The summed E-state index contributed by atoms with van der Waals surface area (Å²) >= 11 is 0. The van der Waals surface area contributed by atoms with Crippen LogP contribution in [0.1, 0.15) is 32.6 Å². The number of quaternary nitrogens is 1. The molecule has 0 rings (SSSR count). The highest BCUT2D eigenvalue weighted by molar-refractivity contribution is 4.57. The fourth-order valence-electron chi connectivity index (χ4n) is 1.61. The molecule has 0 bridgehead atoms. The molecule has 0 aromatic carbocycles. The number of nitrogens with zero attached hydrogens (tertiary/aromatic N) is 1. The molecule has 0 saturated carbocycles. The predicted octanol–water partition coefficient (Wildman–Crippen LogP) is 2.29. The minimum atomic E-state index is 0.750. The molecule has 0 amide bonds. The van der Waals surface area contributed by atoms with Crippen LogP contribution in [0, 0.1) is 0 Å². The molecule has 2 nitrogen and oxygen atoms in total. The second kappa shape index (κ2) is 6.39. The predicted molar refractivity (Wildman–Crippen MR) is 57.8 cm³/mol. The first kappa shape index (κ1) is 12.9. The molecule has 0 spiro atoms. The van der Waals surface area contributed by atoms with Crippen LogP contribution < -0.4 is 0 Å². The zero-order valence-corrected chi connectivity index (χ0v) is 9.97. The van der Waals surface area contributed by atoms with Crippen LogP contribution in [0.3, 0.4) is 0 Å². The van der Waals surface area contributed by atoms with Crippen molar-refractivity contribution in [1.29, 1.82) is 0 Å². The molecule has 1 unspecified atom stereocenters. The lowest BCUT2D eigenvalue weighted by atomic mass is 10.0. The maximum atomic E-state index is 5.14. The molecule has 13 heavy (non-hydrogen) atoms. The summed E-state index contributed by atoms with van der Waals surface area (Å²) in [4.78, 5) is 0. The Morgan fingerprint density at radius 2 is 1.77 bits per heavy atom. The van der Waals surface area contributed by atoms with Gasteiger partial charge in [-0.1, -0.05) is 13.3 Å². The molecule has 0 radical (unpaired) electrons. The Hall–Kier alpha value is -0.0800. The Morgan fingerprint density at radius 3 is 2.15 bits per heavy atom. The molecule has 0 aliphatic rings. The van der Waals surface area contributed by atoms with E-state index in [0.717, 1.165) is 17.1 Å². The molecule has 0 fully saturated rings. The van der Waals surface area contributed by atoms with Crippen molar-refractivity contribution in [3.05, 3.63) is 0 Å². The van der Waals surface area contributed by atoms with Gasteiger partial charge in [0.25, 0.3) is 0 Å². The third kappa shape index (κ3) is 6.05. The van der Waals surface area contributed by atoms with Crippen LogP contribution in [0.2, 0.25) is 0 Å². The van der Waals surface area contributed by atoms with Crippen molar-refractivity contribution in [2.45, 2.75) is 38.6 Å². The zero-order valence-electron chi connectivity index (χ0n) is 9.97. The van der Waals surface area contributed by atoms with Crippen molar-refractivity contribution in [3.8, 4) is 0 Å². The molecule has 0 saturated heterocycles. The van der Waals surface area contributed by atoms with E-state index in [4.69, 9.17) is 4.74 Å². The lowest BCUT2D eigenvalue weighted by Crippen LogP contribution is -2.45. The van der Waals surface area contributed by atoms with Gasteiger partial charge in [-0.25, -0.2) is 0 Å². The topological polar surface area (TPSA) is 9.23 Å². The van der Waals surface area contributed by atoms with Crippen LogP contribution in [-0.2, 0) is 4.74 Å². The lowest BCUT2D eigenvalue weighted by Gasteiger charge is -2.34. The molecule has 80 valence electrons. The van der Waals surface area contributed by atoms with E-state index in [2.05, 4.69) is 28.1 Å². The molecule has 2 heteroatoms. The van der Waals surface area contributed by atoms with E-state index in [0.29, 0.717) is 0 Å². The van der Waals surface area contributed by atoms with Crippen molar-refractivity contribution >= 4 is 0 Å². The lowest BCUT2D eigenvalue weighted by molar-refractivity contribution is -0.896. The third-order valence-electron chi connectivity index (χ3n) is 2.64. The number of hydrogen-bond acceptors (Lipinski definition) is 1. The van der Waals surface area contributed by atoms with Crippen molar-refractivity contribution in [1.82, 2.24) is 0 Å². The van der Waals surface area contributed by atoms with Gasteiger partial charge in [-0.05, 0) is 12.8 Å². The minimum Gasteiger partial charge on any atom is -0.384 e. The standard InChI is InChI=1S/C11H26NO/c1-6-7-8-11(9-10-13-5)12(2,3)4/h11H,6-10H2,1-5H3/q+1. The van der Waals surface area contributed by atoms with Gasteiger partial charge in [0.2, 0.25) is 0 Å². The van der Waals surface area contributed by atoms with Gasteiger partial charge in [0.05, 0.1) is 33.8 Å². The molecule has 0 heterocycles. The average Bonchev–Trinajstić information content (AvgIpc) is 2.02. The van der Waals surface area contributed by atoms with E-state index >= 15 is 0 Å². The van der Waals surface area contributed by atoms with Crippen molar-refractivity contribution in [2.75, 3.05) is 34.9 Å². The van der Waals surface area contributed by atoms with Crippen LogP contribution in [0.4, 0.5) is 0 Å². The summed E-state index contributed by atoms with van der Waals surface area (Å²) in [6, 6.07) is 0.750. The summed E-state index contributed by atoms with van der Waals surface area (Å²) in [6.07, 6.45) is 5.14. The Morgan fingerprint density at radius 1 is 1.15 bits per heavy atom. The van der Waals surface area contributed by atoms with Crippen molar-refractivity contribution < 1.29 is 9.22 Å². The summed E-state index contributed by atoms with van der Waals surface area (Å²) in [5.74, 6) is 0. The smallest absolute Gasteiger partial charge is 0.0906 e.